The number of hydrogen-bond donors (Lipinski definition) is 1. The van der Waals surface area contributed by atoms with Crippen LogP contribution in [0.4, 0.5) is 0 Å². The second-order valence-electron chi connectivity index (χ2n) is 4.44. The van der Waals surface area contributed by atoms with E-state index >= 15 is 0 Å². The molecule has 0 saturated carbocycles. The standard InChI is InChI=1S/C14H20O4/c1-5-18-13(15)9-14(3,16)11-6-7-12(17-4)10(2)8-11/h6-8,16H,5,9H2,1-4H3. The molecule has 0 aliphatic rings. The molecule has 0 fully saturated rings. The van der Waals surface area contributed by atoms with E-state index in [1.807, 2.05) is 13.0 Å². The third-order valence-electron chi connectivity index (χ3n) is 2.81. The zero-order chi connectivity index (χ0) is 13.8. The van der Waals surface area contributed by atoms with E-state index in [2.05, 4.69) is 0 Å². The molecule has 0 spiro atoms. The number of ether oxygens (including phenoxy) is 2. The maximum absolute atomic E-state index is 11.4. The van der Waals surface area contributed by atoms with Crippen LogP contribution in [0, 0.1) is 6.92 Å². The van der Waals surface area contributed by atoms with Crippen LogP contribution in [0.2, 0.25) is 0 Å². The molecule has 0 bridgehead atoms. The first-order chi connectivity index (χ1) is 8.40. The van der Waals surface area contributed by atoms with Gasteiger partial charge in [-0.05, 0) is 44.0 Å². The highest BCUT2D eigenvalue weighted by Gasteiger charge is 2.27. The Kier molecular flexibility index (Phi) is 4.73. The molecule has 1 atom stereocenters. The molecule has 18 heavy (non-hydrogen) atoms. The van der Waals surface area contributed by atoms with Gasteiger partial charge < -0.3 is 14.6 Å². The first-order valence-corrected chi connectivity index (χ1v) is 5.94. The number of rotatable bonds is 5. The van der Waals surface area contributed by atoms with Gasteiger partial charge >= 0.3 is 5.97 Å². The van der Waals surface area contributed by atoms with E-state index in [-0.39, 0.29) is 6.42 Å². The molecule has 1 aromatic rings. The first kappa shape index (κ1) is 14.5. The molecule has 0 aliphatic carbocycles. The molecule has 1 unspecified atom stereocenters. The van der Waals surface area contributed by atoms with Gasteiger partial charge in [0.1, 0.15) is 5.75 Å². The quantitative estimate of drug-likeness (QED) is 0.816. The lowest BCUT2D eigenvalue weighted by atomic mass is 9.91. The summed E-state index contributed by atoms with van der Waals surface area (Å²) in [5, 5.41) is 10.3. The minimum atomic E-state index is -1.23. The molecule has 4 nitrogen and oxygen atoms in total. The summed E-state index contributed by atoms with van der Waals surface area (Å²) >= 11 is 0. The van der Waals surface area contributed by atoms with Gasteiger partial charge in [0.2, 0.25) is 0 Å². The maximum atomic E-state index is 11.4. The van der Waals surface area contributed by atoms with Crippen LogP contribution in [0.15, 0.2) is 18.2 Å². The van der Waals surface area contributed by atoms with E-state index in [4.69, 9.17) is 9.47 Å². The van der Waals surface area contributed by atoms with Crippen molar-refractivity contribution in [2.45, 2.75) is 32.8 Å². The van der Waals surface area contributed by atoms with Crippen LogP contribution in [0.1, 0.15) is 31.4 Å². The van der Waals surface area contributed by atoms with Crippen molar-refractivity contribution in [2.75, 3.05) is 13.7 Å². The normalized spacial score (nSPS) is 13.8. The van der Waals surface area contributed by atoms with Gasteiger partial charge in [0.25, 0.3) is 0 Å². The number of methoxy groups -OCH3 is 1. The minimum Gasteiger partial charge on any atom is -0.496 e. The van der Waals surface area contributed by atoms with Crippen LogP contribution in [0.5, 0.6) is 5.75 Å². The van der Waals surface area contributed by atoms with Crippen LogP contribution in [0.3, 0.4) is 0 Å². The van der Waals surface area contributed by atoms with Crippen molar-refractivity contribution in [2.24, 2.45) is 0 Å². The second kappa shape index (κ2) is 5.87. The Labute approximate surface area is 108 Å². The summed E-state index contributed by atoms with van der Waals surface area (Å²) in [6.45, 7) is 5.55. The monoisotopic (exact) mass is 252 g/mol. The SMILES string of the molecule is CCOC(=O)CC(C)(O)c1ccc(OC)c(C)c1. The Morgan fingerprint density at radius 3 is 2.61 bits per heavy atom. The molecule has 4 heteroatoms. The summed E-state index contributed by atoms with van der Waals surface area (Å²) in [5.41, 5.74) is 0.358. The summed E-state index contributed by atoms with van der Waals surface area (Å²) < 4.78 is 10.0. The Morgan fingerprint density at radius 1 is 1.44 bits per heavy atom. The van der Waals surface area contributed by atoms with Gasteiger partial charge in [-0.2, -0.15) is 0 Å². The van der Waals surface area contributed by atoms with E-state index in [1.165, 1.54) is 0 Å². The van der Waals surface area contributed by atoms with Gasteiger partial charge in [-0.1, -0.05) is 6.07 Å². The van der Waals surface area contributed by atoms with E-state index in [1.54, 1.807) is 33.1 Å². The first-order valence-electron chi connectivity index (χ1n) is 5.94. The smallest absolute Gasteiger partial charge is 0.309 e. The van der Waals surface area contributed by atoms with E-state index in [9.17, 15) is 9.90 Å². The topological polar surface area (TPSA) is 55.8 Å². The number of carbonyl (C=O) groups is 1. The molecule has 100 valence electrons. The molecule has 0 saturated heterocycles. The van der Waals surface area contributed by atoms with Crippen molar-refractivity contribution < 1.29 is 19.4 Å². The summed E-state index contributed by atoms with van der Waals surface area (Å²) in [5.74, 6) is 0.349. The number of carbonyl (C=O) groups excluding carboxylic acids is 1. The average Bonchev–Trinajstić information content (AvgIpc) is 2.28. The fraction of sp³-hybridized carbons (Fsp3) is 0.500. The highest BCUT2D eigenvalue weighted by molar-refractivity contribution is 5.71. The fourth-order valence-electron chi connectivity index (χ4n) is 1.81. The van der Waals surface area contributed by atoms with E-state index in [0.29, 0.717) is 12.2 Å². The largest absolute Gasteiger partial charge is 0.496 e. The highest BCUT2D eigenvalue weighted by atomic mass is 16.5. The molecule has 0 aromatic heterocycles. The number of aryl methyl sites for hydroxylation is 1. The van der Waals surface area contributed by atoms with Crippen molar-refractivity contribution >= 4 is 5.97 Å². The van der Waals surface area contributed by atoms with Crippen LogP contribution in [0.25, 0.3) is 0 Å². The zero-order valence-electron chi connectivity index (χ0n) is 11.3. The minimum absolute atomic E-state index is 0.0629. The van der Waals surface area contributed by atoms with Crippen molar-refractivity contribution in [3.63, 3.8) is 0 Å². The summed E-state index contributed by atoms with van der Waals surface area (Å²) in [4.78, 5) is 11.4. The number of aliphatic hydroxyl groups is 1. The third-order valence-corrected chi connectivity index (χ3v) is 2.81. The molecule has 0 aliphatic heterocycles. The van der Waals surface area contributed by atoms with Gasteiger partial charge in [0, 0.05) is 0 Å². The zero-order valence-corrected chi connectivity index (χ0v) is 11.3. The summed E-state index contributed by atoms with van der Waals surface area (Å²) in [6, 6.07) is 5.35. The highest BCUT2D eigenvalue weighted by Crippen LogP contribution is 2.29. The van der Waals surface area contributed by atoms with E-state index in [0.717, 1.165) is 11.3 Å². The Balaban J connectivity index is 2.90. The Morgan fingerprint density at radius 2 is 2.11 bits per heavy atom. The number of esters is 1. The lowest BCUT2D eigenvalue weighted by molar-refractivity contribution is -0.148. The van der Waals surface area contributed by atoms with Gasteiger partial charge in [-0.3, -0.25) is 4.79 Å². The van der Waals surface area contributed by atoms with Gasteiger partial charge in [-0.25, -0.2) is 0 Å². The molecule has 0 radical (unpaired) electrons. The van der Waals surface area contributed by atoms with Crippen LogP contribution < -0.4 is 4.74 Å². The Bertz CT molecular complexity index is 424. The van der Waals surface area contributed by atoms with Crippen molar-refractivity contribution in [3.8, 4) is 5.75 Å². The molecule has 1 aromatic carbocycles. The van der Waals surface area contributed by atoms with Gasteiger partial charge in [0.15, 0.2) is 0 Å². The number of benzene rings is 1. The van der Waals surface area contributed by atoms with Crippen LogP contribution in [-0.4, -0.2) is 24.8 Å². The lowest BCUT2D eigenvalue weighted by Gasteiger charge is -2.23. The lowest BCUT2D eigenvalue weighted by Crippen LogP contribution is -2.26. The molecule has 0 heterocycles. The van der Waals surface area contributed by atoms with Crippen LogP contribution >= 0.6 is 0 Å². The third kappa shape index (κ3) is 3.47. The predicted octanol–water partition coefficient (Wildman–Crippen LogP) is 2.16. The molecular formula is C14H20O4. The van der Waals surface area contributed by atoms with E-state index < -0.39 is 11.6 Å². The predicted molar refractivity (Wildman–Crippen MR) is 68.6 cm³/mol. The molecule has 1 rings (SSSR count). The fourth-order valence-corrected chi connectivity index (χ4v) is 1.81. The Hall–Kier alpha value is -1.55. The van der Waals surface area contributed by atoms with Gasteiger partial charge in [-0.15, -0.1) is 0 Å². The van der Waals surface area contributed by atoms with Gasteiger partial charge in [0.05, 0.1) is 25.7 Å². The molecule has 1 N–H and O–H groups in total. The molecule has 0 amide bonds. The second-order valence-corrected chi connectivity index (χ2v) is 4.44. The molecular weight excluding hydrogens is 232 g/mol. The average molecular weight is 252 g/mol. The summed E-state index contributed by atoms with van der Waals surface area (Å²) in [7, 11) is 1.60. The van der Waals surface area contributed by atoms with Crippen molar-refractivity contribution in [3.05, 3.63) is 29.3 Å². The number of hydrogen-bond acceptors (Lipinski definition) is 4. The van der Waals surface area contributed by atoms with Crippen molar-refractivity contribution in [1.82, 2.24) is 0 Å². The van der Waals surface area contributed by atoms with Crippen molar-refractivity contribution in [1.29, 1.82) is 0 Å². The summed E-state index contributed by atoms with van der Waals surface area (Å²) in [6.07, 6.45) is -0.0629. The maximum Gasteiger partial charge on any atom is 0.309 e. The van der Waals surface area contributed by atoms with Crippen LogP contribution in [-0.2, 0) is 15.1 Å².